The Morgan fingerprint density at radius 3 is 2.80 bits per heavy atom. The Morgan fingerprint density at radius 1 is 1.20 bits per heavy atom. The molecule has 0 radical (unpaired) electrons. The van der Waals surface area contributed by atoms with Crippen LogP contribution in [0.2, 0.25) is 0 Å². The van der Waals surface area contributed by atoms with E-state index in [1.165, 1.54) is 5.56 Å². The maximum atomic E-state index is 11.9. The summed E-state index contributed by atoms with van der Waals surface area (Å²) in [6.45, 7) is 3.12. The van der Waals surface area contributed by atoms with Crippen LogP contribution in [0.15, 0.2) is 42.7 Å². The molecule has 7 heteroatoms. The number of aromatic amines is 1. The van der Waals surface area contributed by atoms with Crippen molar-refractivity contribution in [2.45, 2.75) is 26.3 Å². The van der Waals surface area contributed by atoms with Gasteiger partial charge in [-0.15, -0.1) is 11.3 Å². The highest BCUT2D eigenvalue weighted by atomic mass is 32.1. The monoisotopic (exact) mass is 355 g/mol. The van der Waals surface area contributed by atoms with E-state index in [0.717, 1.165) is 34.0 Å². The van der Waals surface area contributed by atoms with Gasteiger partial charge in [-0.3, -0.25) is 5.10 Å². The first-order chi connectivity index (χ1) is 12.2. The fourth-order valence-corrected chi connectivity index (χ4v) is 3.30. The maximum Gasteiger partial charge on any atom is 0.315 e. The largest absolute Gasteiger partial charge is 0.338 e. The van der Waals surface area contributed by atoms with E-state index in [0.29, 0.717) is 13.1 Å². The summed E-state index contributed by atoms with van der Waals surface area (Å²) in [7, 11) is 0. The number of hydrogen-bond acceptors (Lipinski definition) is 4. The van der Waals surface area contributed by atoms with Gasteiger partial charge in [0, 0.05) is 28.9 Å². The predicted molar refractivity (Wildman–Crippen MR) is 99.4 cm³/mol. The van der Waals surface area contributed by atoms with Gasteiger partial charge in [0.1, 0.15) is 5.01 Å². The highest BCUT2D eigenvalue weighted by molar-refractivity contribution is 7.15. The van der Waals surface area contributed by atoms with Crippen molar-refractivity contribution in [3.63, 3.8) is 0 Å². The second kappa shape index (κ2) is 8.43. The number of nitrogens with one attached hydrogen (secondary N) is 3. The molecule has 0 aliphatic heterocycles. The van der Waals surface area contributed by atoms with Crippen molar-refractivity contribution in [3.8, 4) is 10.6 Å². The number of aromatic nitrogens is 3. The number of benzene rings is 1. The number of urea groups is 1. The van der Waals surface area contributed by atoms with Crippen molar-refractivity contribution in [1.82, 2.24) is 25.8 Å². The molecule has 3 rings (SSSR count). The van der Waals surface area contributed by atoms with Crippen molar-refractivity contribution in [3.05, 3.63) is 58.9 Å². The molecule has 0 saturated carbocycles. The lowest BCUT2D eigenvalue weighted by molar-refractivity contribution is 0.240. The minimum atomic E-state index is -0.154. The Labute approximate surface area is 150 Å². The molecule has 0 aliphatic rings. The molecule has 2 aromatic heterocycles. The summed E-state index contributed by atoms with van der Waals surface area (Å²) in [5, 5.41) is 13.6. The van der Waals surface area contributed by atoms with Crippen LogP contribution in [0.3, 0.4) is 0 Å². The Bertz CT molecular complexity index is 812. The van der Waals surface area contributed by atoms with Crippen LogP contribution in [-0.2, 0) is 13.0 Å². The molecule has 3 N–H and O–H groups in total. The molecule has 1 aromatic carbocycles. The van der Waals surface area contributed by atoms with Crippen LogP contribution >= 0.6 is 11.3 Å². The van der Waals surface area contributed by atoms with Gasteiger partial charge in [-0.05, 0) is 25.3 Å². The normalized spacial score (nSPS) is 10.6. The van der Waals surface area contributed by atoms with Crippen LogP contribution in [0.25, 0.3) is 10.6 Å². The summed E-state index contributed by atoms with van der Waals surface area (Å²) in [4.78, 5) is 17.3. The zero-order valence-corrected chi connectivity index (χ0v) is 14.9. The Balaban J connectivity index is 1.38. The van der Waals surface area contributed by atoms with E-state index < -0.39 is 0 Å². The highest BCUT2D eigenvalue weighted by Gasteiger charge is 2.06. The predicted octanol–water partition coefficient (Wildman–Crippen LogP) is 3.27. The average molecular weight is 355 g/mol. The van der Waals surface area contributed by atoms with Crippen LogP contribution in [0.5, 0.6) is 0 Å². The SMILES string of the molecule is Cc1[nH]ncc1CCCNC(=O)NCc1cnc(-c2ccccc2)s1. The molecular weight excluding hydrogens is 334 g/mol. The molecule has 0 unspecified atom stereocenters. The number of H-pyrrole nitrogens is 1. The number of nitrogens with zero attached hydrogens (tertiary/aromatic N) is 2. The van der Waals surface area contributed by atoms with E-state index in [2.05, 4.69) is 25.8 Å². The standard InChI is InChI=1S/C18H21N5OS/c1-13-15(10-22-23-13)8-5-9-19-18(24)21-12-16-11-20-17(25-16)14-6-3-2-4-7-14/h2-4,6-7,10-11H,5,8-9,12H2,1H3,(H,22,23)(H2,19,21,24). The summed E-state index contributed by atoms with van der Waals surface area (Å²) in [5.41, 5.74) is 3.38. The number of rotatable bonds is 7. The number of carbonyl (C=O) groups is 1. The van der Waals surface area contributed by atoms with Gasteiger partial charge in [-0.25, -0.2) is 9.78 Å². The Morgan fingerprint density at radius 2 is 2.04 bits per heavy atom. The maximum absolute atomic E-state index is 11.9. The molecule has 0 fully saturated rings. The van der Waals surface area contributed by atoms with E-state index >= 15 is 0 Å². The second-order valence-electron chi connectivity index (χ2n) is 5.73. The van der Waals surface area contributed by atoms with Gasteiger partial charge in [0.05, 0.1) is 12.7 Å². The fraction of sp³-hybridized carbons (Fsp3) is 0.278. The number of amides is 2. The quantitative estimate of drug-likeness (QED) is 0.569. The molecule has 0 saturated heterocycles. The molecule has 0 atom stereocenters. The fourth-order valence-electron chi connectivity index (χ4n) is 2.44. The lowest BCUT2D eigenvalue weighted by Gasteiger charge is -2.06. The zero-order chi connectivity index (χ0) is 17.5. The molecule has 0 aliphatic carbocycles. The lowest BCUT2D eigenvalue weighted by Crippen LogP contribution is -2.35. The molecule has 2 amide bonds. The van der Waals surface area contributed by atoms with Crippen LogP contribution in [0.4, 0.5) is 4.79 Å². The lowest BCUT2D eigenvalue weighted by atomic mass is 10.1. The van der Waals surface area contributed by atoms with Gasteiger partial charge < -0.3 is 10.6 Å². The molecular formula is C18H21N5OS. The third-order valence-electron chi connectivity index (χ3n) is 3.84. The topological polar surface area (TPSA) is 82.7 Å². The molecule has 0 bridgehead atoms. The smallest absolute Gasteiger partial charge is 0.315 e. The highest BCUT2D eigenvalue weighted by Crippen LogP contribution is 2.24. The summed E-state index contributed by atoms with van der Waals surface area (Å²) in [6.07, 6.45) is 5.43. The number of aryl methyl sites for hydroxylation is 2. The van der Waals surface area contributed by atoms with Gasteiger partial charge in [-0.2, -0.15) is 5.10 Å². The Kier molecular flexibility index (Phi) is 5.79. The summed E-state index contributed by atoms with van der Waals surface area (Å²) in [6, 6.07) is 9.88. The first-order valence-corrected chi connectivity index (χ1v) is 9.04. The van der Waals surface area contributed by atoms with Crippen molar-refractivity contribution in [1.29, 1.82) is 0 Å². The van der Waals surface area contributed by atoms with E-state index in [1.54, 1.807) is 11.3 Å². The first kappa shape index (κ1) is 17.2. The summed E-state index contributed by atoms with van der Waals surface area (Å²) >= 11 is 1.59. The Hall–Kier alpha value is -2.67. The van der Waals surface area contributed by atoms with Crippen LogP contribution in [0, 0.1) is 6.92 Å². The first-order valence-electron chi connectivity index (χ1n) is 8.23. The summed E-state index contributed by atoms with van der Waals surface area (Å²) < 4.78 is 0. The van der Waals surface area contributed by atoms with Crippen molar-refractivity contribution in [2.75, 3.05) is 6.54 Å². The number of hydrogen-bond donors (Lipinski definition) is 3. The third kappa shape index (κ3) is 4.90. The van der Waals surface area contributed by atoms with Gasteiger partial charge in [0.2, 0.25) is 0 Å². The van der Waals surface area contributed by atoms with Crippen molar-refractivity contribution < 1.29 is 4.79 Å². The van der Waals surface area contributed by atoms with Crippen LogP contribution in [-0.4, -0.2) is 27.8 Å². The zero-order valence-electron chi connectivity index (χ0n) is 14.1. The second-order valence-corrected chi connectivity index (χ2v) is 6.85. The van der Waals surface area contributed by atoms with Crippen LogP contribution < -0.4 is 10.6 Å². The van der Waals surface area contributed by atoms with E-state index in [1.807, 2.05) is 49.6 Å². The number of carbonyl (C=O) groups excluding carboxylic acids is 1. The third-order valence-corrected chi connectivity index (χ3v) is 4.89. The average Bonchev–Trinajstić information content (AvgIpc) is 3.27. The number of thiazole rings is 1. The molecule has 2 heterocycles. The van der Waals surface area contributed by atoms with Gasteiger partial charge >= 0.3 is 6.03 Å². The molecule has 0 spiro atoms. The van der Waals surface area contributed by atoms with Crippen molar-refractivity contribution in [2.24, 2.45) is 0 Å². The summed E-state index contributed by atoms with van der Waals surface area (Å²) in [5.74, 6) is 0. The van der Waals surface area contributed by atoms with E-state index in [-0.39, 0.29) is 6.03 Å². The van der Waals surface area contributed by atoms with Crippen LogP contribution in [0.1, 0.15) is 22.6 Å². The molecule has 3 aromatic rings. The molecule has 6 nitrogen and oxygen atoms in total. The van der Waals surface area contributed by atoms with E-state index in [9.17, 15) is 4.79 Å². The van der Waals surface area contributed by atoms with Gasteiger partial charge in [-0.1, -0.05) is 30.3 Å². The van der Waals surface area contributed by atoms with E-state index in [4.69, 9.17) is 0 Å². The molecule has 130 valence electrons. The van der Waals surface area contributed by atoms with Crippen molar-refractivity contribution >= 4 is 17.4 Å². The minimum absolute atomic E-state index is 0.154. The van der Waals surface area contributed by atoms with Gasteiger partial charge in [0.15, 0.2) is 0 Å². The minimum Gasteiger partial charge on any atom is -0.338 e. The molecule has 25 heavy (non-hydrogen) atoms. The van der Waals surface area contributed by atoms with Gasteiger partial charge in [0.25, 0.3) is 0 Å².